The number of aromatic nitrogens is 4. The van der Waals surface area contributed by atoms with Crippen LogP contribution in [0.4, 0.5) is 9.59 Å². The van der Waals surface area contributed by atoms with Gasteiger partial charge in [-0.3, -0.25) is 9.59 Å². The number of carbonyl (C=O) groups is 4. The largest absolute Gasteiger partial charge is 0.488 e. The van der Waals surface area contributed by atoms with Crippen molar-refractivity contribution in [3.05, 3.63) is 78.0 Å². The van der Waals surface area contributed by atoms with Crippen molar-refractivity contribution in [2.75, 3.05) is 27.3 Å². The molecule has 0 saturated carbocycles. The van der Waals surface area contributed by atoms with Gasteiger partial charge in [-0.2, -0.15) is 0 Å². The maximum absolute atomic E-state index is 13.7. The number of nitrogens with zero attached hydrogens (tertiary/aromatic N) is 4. The molecule has 2 aromatic heterocycles. The average Bonchev–Trinajstić information content (AvgIpc) is 4.03. The van der Waals surface area contributed by atoms with E-state index in [0.717, 1.165) is 80.9 Å². The number of ether oxygens (including phenoxy) is 3. The van der Waals surface area contributed by atoms with Gasteiger partial charge < -0.3 is 44.6 Å². The number of alkyl carbamates (subject to hydrolysis) is 2. The van der Waals surface area contributed by atoms with Crippen molar-refractivity contribution in [2.45, 2.75) is 85.2 Å². The van der Waals surface area contributed by atoms with Crippen molar-refractivity contribution in [3.8, 4) is 39.3 Å². The van der Waals surface area contributed by atoms with E-state index in [0.29, 0.717) is 25.5 Å². The average molecular weight is 819 g/mol. The van der Waals surface area contributed by atoms with E-state index in [1.54, 1.807) is 11.1 Å². The summed E-state index contributed by atoms with van der Waals surface area (Å²) in [5.74, 6) is 1.59. The van der Waals surface area contributed by atoms with Gasteiger partial charge in [0.1, 0.15) is 36.1 Å². The van der Waals surface area contributed by atoms with Crippen LogP contribution in [0.1, 0.15) is 77.1 Å². The molecule has 15 nitrogen and oxygen atoms in total. The zero-order valence-corrected chi connectivity index (χ0v) is 35.3. The molecule has 3 aromatic carbocycles. The van der Waals surface area contributed by atoms with Gasteiger partial charge in [0.15, 0.2) is 0 Å². The number of aromatic amines is 2. The first-order valence-corrected chi connectivity index (χ1v) is 20.6. The number of fused-ring (bicyclic) bond motifs is 4. The Labute approximate surface area is 349 Å². The number of methoxy groups -OCH3 is 2. The van der Waals surface area contributed by atoms with Gasteiger partial charge in [-0.1, -0.05) is 65.0 Å². The van der Waals surface area contributed by atoms with E-state index in [1.807, 2.05) is 51.7 Å². The number of likely N-dealkylation sites (tertiary alicyclic amines) is 1. The monoisotopic (exact) mass is 818 g/mol. The van der Waals surface area contributed by atoms with Gasteiger partial charge >= 0.3 is 12.2 Å². The second-order valence-corrected chi connectivity index (χ2v) is 16.1. The standard InChI is InChI=1S/C45H54N8O7/c1-8-17-52(42(54)39(25(2)3)50-44(56)58-6)23-38-46-22-35(47-38)29-12-14-31-30(19-29)24-60-37-21-28(11-15-32(31)37)27-13-16-33-34(20-27)49-41(48-33)36-10-9-18-53(36)43(55)40(26(4)5)51-45(57)59-7/h11-16,19-22,25-26,36,39-40H,8-10,17-18,23-24H2,1-7H3,(H,46,47)(H,48,49)(H,50,56)(H,51,57)/t36-,39-,40-/m0/s1. The Kier molecular flexibility index (Phi) is 12.4. The molecule has 316 valence electrons. The van der Waals surface area contributed by atoms with Crippen LogP contribution in [0.3, 0.4) is 0 Å². The molecule has 1 fully saturated rings. The molecule has 7 rings (SSSR count). The predicted octanol–water partition coefficient (Wildman–Crippen LogP) is 7.34. The van der Waals surface area contributed by atoms with Crippen LogP contribution >= 0.6 is 0 Å². The zero-order chi connectivity index (χ0) is 42.7. The quantitative estimate of drug-likeness (QED) is 0.0944. The van der Waals surface area contributed by atoms with Crippen LogP contribution in [0.15, 0.2) is 60.8 Å². The Balaban J connectivity index is 1.06. The van der Waals surface area contributed by atoms with Gasteiger partial charge in [0.05, 0.1) is 49.7 Å². The van der Waals surface area contributed by atoms with Gasteiger partial charge in [0.2, 0.25) is 11.8 Å². The summed E-state index contributed by atoms with van der Waals surface area (Å²) in [5.41, 5.74) is 8.60. The van der Waals surface area contributed by atoms with Gasteiger partial charge in [-0.25, -0.2) is 19.6 Å². The molecule has 0 radical (unpaired) electrons. The van der Waals surface area contributed by atoms with Crippen molar-refractivity contribution in [1.29, 1.82) is 0 Å². The van der Waals surface area contributed by atoms with Crippen molar-refractivity contribution >= 4 is 35.0 Å². The van der Waals surface area contributed by atoms with Crippen LogP contribution in [0.2, 0.25) is 0 Å². The molecular formula is C45H54N8O7. The molecule has 3 atom stereocenters. The lowest BCUT2D eigenvalue weighted by Gasteiger charge is -2.29. The molecule has 15 heteroatoms. The number of hydrogen-bond acceptors (Lipinski definition) is 9. The maximum Gasteiger partial charge on any atom is 0.407 e. The third-order valence-corrected chi connectivity index (χ3v) is 11.3. The molecule has 2 aliphatic rings. The summed E-state index contributed by atoms with van der Waals surface area (Å²) in [6, 6.07) is 17.0. The Morgan fingerprint density at radius 1 is 0.883 bits per heavy atom. The fraction of sp³-hybridized carbons (Fsp3) is 0.422. The molecule has 1 saturated heterocycles. The first-order valence-electron chi connectivity index (χ1n) is 20.6. The van der Waals surface area contributed by atoms with Gasteiger partial charge in [0, 0.05) is 18.7 Å². The minimum Gasteiger partial charge on any atom is -0.488 e. The van der Waals surface area contributed by atoms with E-state index in [9.17, 15) is 19.2 Å². The van der Waals surface area contributed by atoms with Crippen LogP contribution in [0, 0.1) is 11.8 Å². The van der Waals surface area contributed by atoms with E-state index >= 15 is 0 Å². The van der Waals surface area contributed by atoms with Crippen LogP contribution in [0.5, 0.6) is 5.75 Å². The smallest absolute Gasteiger partial charge is 0.407 e. The van der Waals surface area contributed by atoms with E-state index < -0.39 is 24.3 Å². The lowest BCUT2D eigenvalue weighted by Crippen LogP contribution is -2.51. The SMILES string of the molecule is CCCN(Cc1ncc(-c2ccc3c(c2)COc2cc(-c4ccc5nc([C@@H]6CCCN6C(=O)[C@@H](NC(=O)OC)C(C)C)[nH]c5c4)ccc2-3)[nH]1)C(=O)[C@@H](NC(=O)OC)C(C)C. The minimum atomic E-state index is -0.720. The topological polar surface area (TPSA) is 184 Å². The third-order valence-electron chi connectivity index (χ3n) is 11.3. The molecular weight excluding hydrogens is 765 g/mol. The van der Waals surface area contributed by atoms with Crippen molar-refractivity contribution in [3.63, 3.8) is 0 Å². The summed E-state index contributed by atoms with van der Waals surface area (Å²) in [6.45, 7) is 11.4. The van der Waals surface area contributed by atoms with E-state index in [1.165, 1.54) is 14.2 Å². The van der Waals surface area contributed by atoms with Crippen LogP contribution in [-0.4, -0.2) is 93.1 Å². The van der Waals surface area contributed by atoms with Gasteiger partial charge in [-0.15, -0.1) is 0 Å². The van der Waals surface area contributed by atoms with Crippen molar-refractivity contribution in [1.82, 2.24) is 40.4 Å². The molecule has 0 unspecified atom stereocenters. The lowest BCUT2D eigenvalue weighted by molar-refractivity contribution is -0.136. The van der Waals surface area contributed by atoms with Crippen LogP contribution < -0.4 is 15.4 Å². The number of H-pyrrole nitrogens is 2. The highest BCUT2D eigenvalue weighted by Gasteiger charge is 2.38. The summed E-state index contributed by atoms with van der Waals surface area (Å²) < 4.78 is 15.9. The fourth-order valence-electron chi connectivity index (χ4n) is 8.11. The molecule has 5 aromatic rings. The number of carbonyl (C=O) groups excluding carboxylic acids is 4. The Morgan fingerprint density at radius 3 is 2.28 bits per heavy atom. The number of benzene rings is 3. The summed E-state index contributed by atoms with van der Waals surface area (Å²) in [7, 11) is 2.57. The fourth-order valence-corrected chi connectivity index (χ4v) is 8.11. The Hall–Kier alpha value is -6.38. The highest BCUT2D eigenvalue weighted by atomic mass is 16.5. The Bertz CT molecular complexity index is 2390. The first-order chi connectivity index (χ1) is 28.9. The van der Waals surface area contributed by atoms with Gasteiger partial charge in [-0.05, 0) is 83.2 Å². The van der Waals surface area contributed by atoms with E-state index in [4.69, 9.17) is 19.2 Å². The Morgan fingerprint density at radius 2 is 1.57 bits per heavy atom. The second-order valence-electron chi connectivity index (χ2n) is 16.1. The molecule has 0 aliphatic carbocycles. The number of imidazole rings is 2. The molecule has 60 heavy (non-hydrogen) atoms. The highest BCUT2D eigenvalue weighted by molar-refractivity contribution is 5.88. The second kappa shape index (κ2) is 17.9. The summed E-state index contributed by atoms with van der Waals surface area (Å²) in [5, 5.41) is 5.39. The zero-order valence-electron chi connectivity index (χ0n) is 35.3. The maximum atomic E-state index is 13.7. The predicted molar refractivity (Wildman–Crippen MR) is 227 cm³/mol. The summed E-state index contributed by atoms with van der Waals surface area (Å²) in [6.07, 6.45) is 2.87. The third kappa shape index (κ3) is 8.66. The molecule has 2 aliphatic heterocycles. The lowest BCUT2D eigenvalue weighted by atomic mass is 9.92. The summed E-state index contributed by atoms with van der Waals surface area (Å²) in [4.78, 5) is 71.1. The van der Waals surface area contributed by atoms with Gasteiger partial charge in [0.25, 0.3) is 0 Å². The van der Waals surface area contributed by atoms with Crippen molar-refractivity contribution in [2.24, 2.45) is 11.8 Å². The number of hydrogen-bond donors (Lipinski definition) is 4. The summed E-state index contributed by atoms with van der Waals surface area (Å²) >= 11 is 0. The molecule has 4 N–H and O–H groups in total. The van der Waals surface area contributed by atoms with E-state index in [-0.39, 0.29) is 36.2 Å². The van der Waals surface area contributed by atoms with E-state index in [2.05, 4.69) is 68.1 Å². The number of amides is 4. The van der Waals surface area contributed by atoms with Crippen LogP contribution in [0.25, 0.3) is 44.5 Å². The molecule has 4 heterocycles. The highest BCUT2D eigenvalue weighted by Crippen LogP contribution is 2.42. The normalized spacial score (nSPS) is 15.6. The van der Waals surface area contributed by atoms with Crippen LogP contribution in [-0.2, 0) is 32.2 Å². The minimum absolute atomic E-state index is 0.115. The molecule has 4 amide bonds. The van der Waals surface area contributed by atoms with Crippen molar-refractivity contribution < 1.29 is 33.4 Å². The molecule has 0 spiro atoms. The number of nitrogens with one attached hydrogen (secondary N) is 4. The first kappa shape index (κ1) is 41.8. The number of rotatable bonds is 13. The molecule has 0 bridgehead atoms.